The Morgan fingerprint density at radius 1 is 0.211 bits per heavy atom. The van der Waals surface area contributed by atoms with E-state index in [0.29, 0.717) is 12.1 Å². The van der Waals surface area contributed by atoms with Crippen LogP contribution in [0.4, 0.5) is 0 Å². The van der Waals surface area contributed by atoms with Gasteiger partial charge in [-0.3, -0.25) is 0 Å². The van der Waals surface area contributed by atoms with Crippen molar-refractivity contribution in [3.63, 3.8) is 0 Å². The van der Waals surface area contributed by atoms with Crippen LogP contribution >= 0.6 is 0 Å². The average molecular weight is 2330 g/mol. The summed E-state index contributed by atoms with van der Waals surface area (Å²) < 4.78 is 28.2. The van der Waals surface area contributed by atoms with Crippen molar-refractivity contribution in [3.05, 3.63) is 69.1 Å². The van der Waals surface area contributed by atoms with E-state index in [1.165, 1.54) is 51.4 Å². The Morgan fingerprint density at radius 2 is 0.382 bits per heavy atom. The topological polar surface area (TPSA) is 270 Å². The molecule has 27 heteroatoms. The van der Waals surface area contributed by atoms with E-state index in [9.17, 15) is 0 Å². The molecule has 0 heterocycles. The van der Waals surface area contributed by atoms with Gasteiger partial charge in [0, 0.05) is 0 Å². The molecule has 0 amide bonds. The molecule has 0 radical (unpaired) electrons. The van der Waals surface area contributed by atoms with Crippen LogP contribution in [0, 0.1) is 11.8 Å². The first-order valence-corrected chi connectivity index (χ1v) is 53.5. The molecule has 0 aromatic carbocycles. The first-order valence-electron chi connectivity index (χ1n) is 47.2. The van der Waals surface area contributed by atoms with Gasteiger partial charge in [0.2, 0.25) is 0 Å². The zero-order valence-electron chi connectivity index (χ0n) is 93.0. The molecule has 0 aliphatic carbocycles. The first-order chi connectivity index (χ1) is 56.4. The zero-order chi connectivity index (χ0) is 102. The quantitative estimate of drug-likeness (QED) is 0.0423. The molecule has 1 unspecified atom stereocenters. The van der Waals surface area contributed by atoms with Gasteiger partial charge < -0.3 is 69.1 Å². The maximum atomic E-state index is 4.26. The number of nitrogens with zero attached hydrogens (tertiary/aromatic N) is 20. The number of hydrogen-bond donors (Lipinski definition) is 0. The minimum Gasteiger partial charge on any atom is -0.663 e. The van der Waals surface area contributed by atoms with Gasteiger partial charge in [-0.1, -0.05) is 285 Å². The van der Waals surface area contributed by atoms with Crippen molar-refractivity contribution in [3.8, 4) is 0 Å². The molecule has 0 rings (SSSR count). The van der Waals surface area contributed by atoms with E-state index in [0.717, 1.165) is 162 Å². The van der Waals surface area contributed by atoms with Crippen LogP contribution in [0.15, 0.2) is 24.5 Å². The van der Waals surface area contributed by atoms with Gasteiger partial charge >= 0.3 is 346 Å². The molecule has 0 spiro atoms. The average Bonchev–Trinajstić information content (AvgIpc) is 1.00. The van der Waals surface area contributed by atoms with Gasteiger partial charge in [-0.25, -0.2) is 0 Å². The van der Waals surface area contributed by atoms with Gasteiger partial charge in [0.1, 0.15) is 0 Å². The molecule has 0 bridgehead atoms. The van der Waals surface area contributed by atoms with Crippen molar-refractivity contribution in [1.29, 1.82) is 0 Å². The van der Waals surface area contributed by atoms with E-state index in [1.54, 1.807) is 137 Å². The monoisotopic (exact) mass is 2340 g/mol. The molecule has 0 aliphatic rings. The summed E-state index contributed by atoms with van der Waals surface area (Å²) in [5.41, 5.74) is 1.37. The van der Waals surface area contributed by atoms with Crippen molar-refractivity contribution in [1.82, 2.24) is 0 Å². The van der Waals surface area contributed by atoms with E-state index in [1.807, 2.05) is 41.5 Å². The Morgan fingerprint density at radius 3 is 0.431 bits per heavy atom. The zero-order valence-corrected chi connectivity index (χ0v) is 107. The van der Waals surface area contributed by atoms with Crippen molar-refractivity contribution in [2.75, 3.05) is 151 Å². The third-order valence-electron chi connectivity index (χ3n) is 10.6. The van der Waals surface area contributed by atoms with E-state index >= 15 is 0 Å². The van der Waals surface area contributed by atoms with Crippen LogP contribution in [0.5, 0.6) is 0 Å². The second-order valence-electron chi connectivity index (χ2n) is 35.7. The first kappa shape index (κ1) is 175. The molecular formula is C96H225Mo7N20-13. The summed E-state index contributed by atoms with van der Waals surface area (Å²) in [5.74, 6) is 1.47. The Labute approximate surface area is 859 Å². The maximum Gasteiger partial charge on any atom is -0.0578 e. The molecule has 0 aromatic heterocycles. The van der Waals surface area contributed by atoms with E-state index < -0.39 is 0 Å². The minimum atomic E-state index is 0.171. The Hall–Kier alpha value is 2.90. The molecule has 123 heavy (non-hydrogen) atoms. The van der Waals surface area contributed by atoms with Gasteiger partial charge in [-0.05, 0) is 0 Å². The summed E-state index contributed by atoms with van der Waals surface area (Å²) in [7, 11) is 0. The SMILES string of the molecule is CC(C)(C)[N]=[Mo].CC(C)(C)[N]=[Mo].CC(C)(C)[N]=[Mo].CC(C)(C)[N]=[Mo].CC(C)(C)[N]=[Mo].CC(C)(C)[N]=[Mo].CC(C)(C)[N]=[Mo].CCCC[N-]CC.CCCC[N-]CC.CCC[N-]CC.CCC[N-]CC.CCC[N-]CC.CC[N-]C(C)(C)C.CC[N-]C(C)C.CC[N-]C(C)CC.CC[N-]CC.CC[N-]CC.CC[N-]CC.CC[N-]CC(C)C.CC[N-]CC(C)C. The van der Waals surface area contributed by atoms with Crippen LogP contribution in [0.2, 0.25) is 0 Å². The summed E-state index contributed by atoms with van der Waals surface area (Å²) in [6.07, 6.45) is 9.79. The van der Waals surface area contributed by atoms with Crippen LogP contribution < -0.4 is 0 Å². The molecule has 0 N–H and O–H groups in total. The standard InChI is InChI=1S/6C6H14N.4C5H12N.7C4H9N.3C4H10N.7Mo/c1-5-7-6(2,3)4;2*1-4-7-5-6(2)3;1-4-6(3)7-5-2;2*1-3-5-6-7-4-2;1-4-6-5(2)3;3*1-3-5-6-4-2;7*1-4(2,3)5;3*1-3-5-4-2;;;;;;;/h5H2,1-4H3;3*6H,4-5H2,1-3H3;2*3-6H2,1-2H3;5H,4H2,1-3H3;3*3-5H2,1-2H3;7*1-3H3;3*3-4H2,1-2H3;;;;;;;/q10*-1;;;;;;;;3*-1;;;;;;;. The molecule has 1 atom stereocenters. The second kappa shape index (κ2) is 148. The third-order valence-corrected chi connectivity index (χ3v) is 20.0. The van der Waals surface area contributed by atoms with Crippen molar-refractivity contribution < 1.29 is 137 Å². The van der Waals surface area contributed by atoms with Gasteiger partial charge in [0.15, 0.2) is 0 Å². The fourth-order valence-corrected chi connectivity index (χ4v) is 4.53. The Balaban J connectivity index is -0.0000000505. The fraction of sp³-hybridized carbons (Fsp3) is 1.00. The maximum absolute atomic E-state index is 4.26. The molecular weight excluding hydrogens is 2100 g/mol. The molecule has 0 saturated carbocycles. The van der Waals surface area contributed by atoms with Crippen LogP contribution in [0.1, 0.15) is 418 Å². The van der Waals surface area contributed by atoms with Gasteiger partial charge in [-0.2, -0.15) is 105 Å². The summed E-state index contributed by atoms with van der Waals surface area (Å²) in [6.45, 7) is 134. The molecule has 0 aliphatic heterocycles. The van der Waals surface area contributed by atoms with Gasteiger partial charge in [-0.15, -0.1) is 63.4 Å². The van der Waals surface area contributed by atoms with Crippen LogP contribution in [-0.2, 0) is 137 Å². The normalized spacial score (nSPS) is 10.4. The third kappa shape index (κ3) is 422. The molecule has 764 valence electrons. The van der Waals surface area contributed by atoms with Gasteiger partial charge in [0.25, 0.3) is 0 Å². The predicted molar refractivity (Wildman–Crippen MR) is 547 cm³/mol. The van der Waals surface area contributed by atoms with Gasteiger partial charge in [0.05, 0.1) is 0 Å². The van der Waals surface area contributed by atoms with Crippen LogP contribution in [-0.4, -0.2) is 207 Å². The van der Waals surface area contributed by atoms with Crippen molar-refractivity contribution in [2.24, 2.45) is 36.3 Å². The summed E-state index contributed by atoms with van der Waals surface area (Å²) in [4.78, 5) is 0. The number of unbranched alkanes of at least 4 members (excludes halogenated alkanes) is 2. The summed E-state index contributed by atoms with van der Waals surface area (Å²) in [6, 6.07) is 1.10. The molecule has 20 nitrogen and oxygen atoms in total. The summed E-state index contributed by atoms with van der Waals surface area (Å²) >= 11 is 12.4. The van der Waals surface area contributed by atoms with E-state index in [4.69, 9.17) is 0 Å². The van der Waals surface area contributed by atoms with Crippen LogP contribution in [0.3, 0.4) is 0 Å². The fourth-order valence-electron chi connectivity index (χ4n) is 4.53. The van der Waals surface area contributed by atoms with Crippen LogP contribution in [0.25, 0.3) is 69.1 Å². The minimum absolute atomic E-state index is 0.171. The van der Waals surface area contributed by atoms with Crippen molar-refractivity contribution >= 4 is 0 Å². The number of hydrogen-bond acceptors (Lipinski definition) is 7. The summed E-state index contributed by atoms with van der Waals surface area (Å²) in [5, 5.41) is 53.5. The molecule has 0 fully saturated rings. The Kier molecular flexibility index (Phi) is 210. The van der Waals surface area contributed by atoms with E-state index in [-0.39, 0.29) is 44.3 Å². The smallest absolute Gasteiger partial charge is 0.0578 e. The van der Waals surface area contributed by atoms with Crippen molar-refractivity contribution in [2.45, 2.75) is 475 Å². The predicted octanol–water partition coefficient (Wildman–Crippen LogP) is 34.8. The molecule has 0 aromatic rings. The number of rotatable bonds is 35. The Bertz CT molecular complexity index is 1500. The van der Waals surface area contributed by atoms with E-state index in [2.05, 4.69) is 419 Å². The second-order valence-corrected chi connectivity index (χ2v) is 38.8. The molecule has 0 saturated heterocycles. The largest absolute Gasteiger partial charge is 0.663 e.